The fourth-order valence-corrected chi connectivity index (χ4v) is 2.43. The van der Waals surface area contributed by atoms with Crippen LogP contribution in [0.4, 0.5) is 0 Å². The largest absolute Gasteiger partial charge is 0.314 e. The third-order valence-corrected chi connectivity index (χ3v) is 3.75. The quantitative estimate of drug-likeness (QED) is 0.608. The van der Waals surface area contributed by atoms with Gasteiger partial charge in [-0.25, -0.2) is 0 Å². The smallest absolute Gasteiger partial charge is 0.00820 e. The molecule has 3 rings (SSSR count). The molecule has 1 nitrogen and oxygen atoms in total. The summed E-state index contributed by atoms with van der Waals surface area (Å²) in [5, 5.41) is 3.48. The van der Waals surface area contributed by atoms with Crippen LogP contribution in [-0.2, 0) is 0 Å². The molecule has 1 heteroatoms. The highest BCUT2D eigenvalue weighted by atomic mass is 15.0. The maximum Gasteiger partial charge on any atom is 0.00820 e. The first-order valence-electron chi connectivity index (χ1n) is 4.62. The van der Waals surface area contributed by atoms with E-state index in [4.69, 9.17) is 0 Å². The van der Waals surface area contributed by atoms with Crippen LogP contribution in [0.5, 0.6) is 0 Å². The molecule has 10 heavy (non-hydrogen) atoms. The molecule has 1 spiro atoms. The number of hydrogen-bond donors (Lipinski definition) is 1. The van der Waals surface area contributed by atoms with Crippen LogP contribution >= 0.6 is 0 Å². The van der Waals surface area contributed by atoms with Crippen LogP contribution < -0.4 is 5.32 Å². The first-order chi connectivity index (χ1) is 4.89. The van der Waals surface area contributed by atoms with Crippen LogP contribution in [0.25, 0.3) is 0 Å². The summed E-state index contributed by atoms with van der Waals surface area (Å²) >= 11 is 0. The Hall–Kier alpha value is -0.0400. The number of nitrogens with one attached hydrogen (secondary N) is 1. The Morgan fingerprint density at radius 3 is 2.60 bits per heavy atom. The van der Waals surface area contributed by atoms with Gasteiger partial charge in [0.2, 0.25) is 0 Å². The molecular formula is C9H15N. The van der Waals surface area contributed by atoms with Gasteiger partial charge in [-0.15, -0.1) is 0 Å². The van der Waals surface area contributed by atoms with Crippen molar-refractivity contribution >= 4 is 0 Å². The number of rotatable bonds is 2. The molecule has 0 amide bonds. The van der Waals surface area contributed by atoms with E-state index in [0.717, 1.165) is 17.4 Å². The highest BCUT2D eigenvalue weighted by Gasteiger charge is 2.62. The molecule has 3 fully saturated rings. The molecule has 0 aromatic heterocycles. The van der Waals surface area contributed by atoms with Crippen molar-refractivity contribution < 1.29 is 0 Å². The van der Waals surface area contributed by atoms with Crippen LogP contribution in [0, 0.1) is 11.3 Å². The predicted molar refractivity (Wildman–Crippen MR) is 40.8 cm³/mol. The lowest BCUT2D eigenvalue weighted by molar-refractivity contribution is 0.329. The summed E-state index contributed by atoms with van der Waals surface area (Å²) in [5.41, 5.74) is 0.942. The Morgan fingerprint density at radius 2 is 2.20 bits per heavy atom. The lowest BCUT2D eigenvalue weighted by Gasteiger charge is -2.27. The summed E-state index contributed by atoms with van der Waals surface area (Å²) in [4.78, 5) is 0. The van der Waals surface area contributed by atoms with Crippen molar-refractivity contribution in [3.63, 3.8) is 0 Å². The van der Waals surface area contributed by atoms with E-state index in [-0.39, 0.29) is 0 Å². The van der Waals surface area contributed by atoms with Gasteiger partial charge < -0.3 is 5.32 Å². The van der Waals surface area contributed by atoms with Crippen LogP contribution in [0.3, 0.4) is 0 Å². The highest BCUT2D eigenvalue weighted by Crippen LogP contribution is 2.72. The lowest BCUT2D eigenvalue weighted by Crippen LogP contribution is -2.43. The van der Waals surface area contributed by atoms with Gasteiger partial charge in [0.05, 0.1) is 0 Å². The average Bonchev–Trinajstić information content (AvgIpc) is 2.67. The molecule has 1 heterocycles. The SMILES string of the molecule is C1CC(CC2CC23CC3)N1. The van der Waals surface area contributed by atoms with Crippen molar-refractivity contribution in [1.29, 1.82) is 0 Å². The first-order valence-corrected chi connectivity index (χ1v) is 4.62. The van der Waals surface area contributed by atoms with E-state index in [1.54, 1.807) is 19.3 Å². The molecule has 0 radical (unpaired) electrons. The minimum absolute atomic E-state index is 0.921. The van der Waals surface area contributed by atoms with Gasteiger partial charge in [-0.3, -0.25) is 0 Å². The summed E-state index contributed by atoms with van der Waals surface area (Å²) in [6.07, 6.45) is 7.65. The van der Waals surface area contributed by atoms with Crippen molar-refractivity contribution in [2.75, 3.05) is 6.54 Å². The van der Waals surface area contributed by atoms with E-state index in [2.05, 4.69) is 5.32 Å². The van der Waals surface area contributed by atoms with Crippen LogP contribution in [0.15, 0.2) is 0 Å². The molecular weight excluding hydrogens is 122 g/mol. The number of hydrogen-bond acceptors (Lipinski definition) is 1. The van der Waals surface area contributed by atoms with Gasteiger partial charge in [0.15, 0.2) is 0 Å². The van der Waals surface area contributed by atoms with Gasteiger partial charge >= 0.3 is 0 Å². The molecule has 3 aliphatic rings. The minimum atomic E-state index is 0.921. The fourth-order valence-electron chi connectivity index (χ4n) is 2.43. The second kappa shape index (κ2) is 1.58. The molecule has 1 aliphatic heterocycles. The standard InChI is InChI=1S/C9H15N/c1-4-10-8(1)5-7-6-9(7)2-3-9/h7-8,10H,1-6H2. The molecule has 2 saturated carbocycles. The van der Waals surface area contributed by atoms with Gasteiger partial charge in [-0.05, 0) is 50.0 Å². The molecule has 2 atom stereocenters. The van der Waals surface area contributed by atoms with Crippen LogP contribution in [-0.4, -0.2) is 12.6 Å². The highest BCUT2D eigenvalue weighted by molar-refractivity contribution is 5.13. The molecule has 2 aliphatic carbocycles. The molecule has 0 bridgehead atoms. The second-order valence-electron chi connectivity index (χ2n) is 4.44. The maximum atomic E-state index is 3.48. The molecule has 1 saturated heterocycles. The van der Waals surface area contributed by atoms with Gasteiger partial charge in [-0.2, -0.15) is 0 Å². The van der Waals surface area contributed by atoms with Gasteiger partial charge in [-0.1, -0.05) is 0 Å². The normalized spacial score (nSPS) is 46.8. The van der Waals surface area contributed by atoms with E-state index in [1.165, 1.54) is 19.4 Å². The maximum absolute atomic E-state index is 3.48. The minimum Gasteiger partial charge on any atom is -0.314 e. The Balaban J connectivity index is 1.52. The summed E-state index contributed by atoms with van der Waals surface area (Å²) < 4.78 is 0. The molecule has 2 unspecified atom stereocenters. The summed E-state index contributed by atoms with van der Waals surface area (Å²) in [6, 6.07) is 0.921. The van der Waals surface area contributed by atoms with Crippen molar-refractivity contribution in [2.45, 2.75) is 38.1 Å². The van der Waals surface area contributed by atoms with E-state index in [9.17, 15) is 0 Å². The zero-order chi connectivity index (χ0) is 6.60. The Morgan fingerprint density at radius 1 is 1.40 bits per heavy atom. The van der Waals surface area contributed by atoms with Crippen LogP contribution in [0.1, 0.15) is 32.1 Å². The zero-order valence-electron chi connectivity index (χ0n) is 6.40. The molecule has 0 aromatic carbocycles. The second-order valence-corrected chi connectivity index (χ2v) is 4.44. The summed E-state index contributed by atoms with van der Waals surface area (Å²) in [6.45, 7) is 1.28. The van der Waals surface area contributed by atoms with Gasteiger partial charge in [0, 0.05) is 6.04 Å². The van der Waals surface area contributed by atoms with E-state index < -0.39 is 0 Å². The van der Waals surface area contributed by atoms with Gasteiger partial charge in [0.1, 0.15) is 0 Å². The first kappa shape index (κ1) is 5.59. The van der Waals surface area contributed by atoms with Crippen molar-refractivity contribution in [1.82, 2.24) is 5.32 Å². The molecule has 56 valence electrons. The topological polar surface area (TPSA) is 12.0 Å². The fraction of sp³-hybridized carbons (Fsp3) is 1.00. The lowest BCUT2D eigenvalue weighted by atomic mass is 10.00. The van der Waals surface area contributed by atoms with Crippen LogP contribution in [0.2, 0.25) is 0 Å². The predicted octanol–water partition coefficient (Wildman–Crippen LogP) is 1.54. The van der Waals surface area contributed by atoms with Crippen molar-refractivity contribution in [2.24, 2.45) is 11.3 Å². The average molecular weight is 137 g/mol. The Kier molecular flexibility index (Phi) is 0.883. The Labute approximate surface area is 62.2 Å². The monoisotopic (exact) mass is 137 g/mol. The van der Waals surface area contributed by atoms with Crippen molar-refractivity contribution in [3.8, 4) is 0 Å². The summed E-state index contributed by atoms with van der Waals surface area (Å²) in [5.74, 6) is 1.14. The third kappa shape index (κ3) is 0.672. The van der Waals surface area contributed by atoms with Crippen molar-refractivity contribution in [3.05, 3.63) is 0 Å². The molecule has 1 N–H and O–H groups in total. The molecule has 0 aromatic rings. The van der Waals surface area contributed by atoms with E-state index in [1.807, 2.05) is 0 Å². The Bertz CT molecular complexity index is 156. The third-order valence-electron chi connectivity index (χ3n) is 3.75. The van der Waals surface area contributed by atoms with Gasteiger partial charge in [0.25, 0.3) is 0 Å². The zero-order valence-corrected chi connectivity index (χ0v) is 6.40. The summed E-state index contributed by atoms with van der Waals surface area (Å²) in [7, 11) is 0. The van der Waals surface area contributed by atoms with E-state index >= 15 is 0 Å². The van der Waals surface area contributed by atoms with E-state index in [0.29, 0.717) is 0 Å².